The monoisotopic (exact) mass is 565 g/mol. The van der Waals surface area contributed by atoms with E-state index in [4.69, 9.17) is 4.98 Å². The van der Waals surface area contributed by atoms with Gasteiger partial charge in [-0.1, -0.05) is 6.07 Å². The van der Waals surface area contributed by atoms with Gasteiger partial charge in [-0.3, -0.25) is 0 Å². The second-order valence-corrected chi connectivity index (χ2v) is 10.4. The Morgan fingerprint density at radius 1 is 1.10 bits per heavy atom. The van der Waals surface area contributed by atoms with E-state index in [1.54, 1.807) is 29.2 Å². The predicted octanol–water partition coefficient (Wildman–Crippen LogP) is 5.04. The topological polar surface area (TPSA) is 128 Å². The smallest absolute Gasteiger partial charge is 0.407 e. The number of nitrogens with zero attached hydrogens (tertiary/aromatic N) is 9. The average molecular weight is 566 g/mol. The molecule has 1 amide bonds. The Hall–Kier alpha value is -5.31. The van der Waals surface area contributed by atoms with E-state index in [-0.39, 0.29) is 12.0 Å². The highest BCUT2D eigenvalue weighted by Gasteiger charge is 2.25. The van der Waals surface area contributed by atoms with Gasteiger partial charge in [-0.15, -0.1) is 0 Å². The molecule has 1 aliphatic heterocycles. The Morgan fingerprint density at radius 2 is 1.90 bits per heavy atom. The third-order valence-corrected chi connectivity index (χ3v) is 8.03. The highest BCUT2D eigenvalue weighted by Crippen LogP contribution is 2.35. The number of fused-ring (bicyclic) bond motifs is 1. The molecule has 0 saturated carbocycles. The van der Waals surface area contributed by atoms with Crippen LogP contribution in [0, 0.1) is 17.1 Å². The summed E-state index contributed by atoms with van der Waals surface area (Å²) >= 11 is 0. The van der Waals surface area contributed by atoms with Gasteiger partial charge in [0, 0.05) is 49.9 Å². The number of pyridine rings is 3. The zero-order valence-electron chi connectivity index (χ0n) is 23.1. The molecule has 1 saturated heterocycles. The number of aromatic nitrogens is 6. The number of amides is 1. The van der Waals surface area contributed by atoms with Crippen molar-refractivity contribution in [3.63, 3.8) is 0 Å². The number of likely N-dealkylation sites (tertiary alicyclic amines) is 1. The molecule has 0 spiro atoms. The fourth-order valence-electron chi connectivity index (χ4n) is 5.45. The van der Waals surface area contributed by atoms with E-state index < -0.39 is 11.9 Å². The Labute approximate surface area is 241 Å². The number of carboxylic acid groups (broad SMARTS) is 1. The maximum Gasteiger partial charge on any atom is 0.407 e. The van der Waals surface area contributed by atoms with Crippen molar-refractivity contribution < 1.29 is 14.3 Å². The van der Waals surface area contributed by atoms with E-state index in [0.29, 0.717) is 30.0 Å². The minimum absolute atomic E-state index is 0.0500. The van der Waals surface area contributed by atoms with Gasteiger partial charge in [-0.25, -0.2) is 28.4 Å². The molecule has 6 rings (SSSR count). The lowest BCUT2D eigenvalue weighted by atomic mass is 9.89. The van der Waals surface area contributed by atoms with Crippen molar-refractivity contribution >= 4 is 17.4 Å². The van der Waals surface area contributed by atoms with Gasteiger partial charge in [0.25, 0.3) is 0 Å². The molecule has 1 unspecified atom stereocenters. The third-order valence-electron chi connectivity index (χ3n) is 8.03. The third kappa shape index (κ3) is 5.01. The second-order valence-electron chi connectivity index (χ2n) is 10.4. The molecule has 1 fully saturated rings. The summed E-state index contributed by atoms with van der Waals surface area (Å²) in [6.07, 6.45) is 10.0. The minimum Gasteiger partial charge on any atom is -0.465 e. The number of hydrogen-bond acceptors (Lipinski definition) is 7. The van der Waals surface area contributed by atoms with E-state index in [1.165, 1.54) is 15.8 Å². The molecule has 5 aromatic rings. The Balaban J connectivity index is 1.26. The molecule has 11 nitrogen and oxygen atoms in total. The summed E-state index contributed by atoms with van der Waals surface area (Å²) in [6, 6.07) is 11.9. The quantitative estimate of drug-likeness (QED) is 0.303. The molecule has 0 aromatic carbocycles. The van der Waals surface area contributed by atoms with Gasteiger partial charge < -0.3 is 14.9 Å². The lowest BCUT2D eigenvalue weighted by Gasteiger charge is -2.30. The van der Waals surface area contributed by atoms with Crippen molar-refractivity contribution in [3.8, 4) is 23.0 Å². The van der Waals surface area contributed by atoms with Crippen LogP contribution in [0.4, 0.5) is 15.0 Å². The van der Waals surface area contributed by atoms with Crippen LogP contribution in [0.3, 0.4) is 0 Å². The molecule has 5 aromatic heterocycles. The molecular formula is C30H28FN9O2. The van der Waals surface area contributed by atoms with Crippen LogP contribution in [-0.4, -0.2) is 65.6 Å². The molecule has 0 aliphatic carbocycles. The van der Waals surface area contributed by atoms with Gasteiger partial charge in [0.1, 0.15) is 11.9 Å². The van der Waals surface area contributed by atoms with Crippen molar-refractivity contribution in [2.75, 3.05) is 25.0 Å². The van der Waals surface area contributed by atoms with Gasteiger partial charge in [-0.05, 0) is 61.1 Å². The van der Waals surface area contributed by atoms with Crippen LogP contribution in [0.5, 0.6) is 0 Å². The van der Waals surface area contributed by atoms with E-state index in [9.17, 15) is 19.6 Å². The maximum atomic E-state index is 13.3. The fourth-order valence-corrected chi connectivity index (χ4v) is 5.45. The van der Waals surface area contributed by atoms with E-state index in [1.807, 2.05) is 43.3 Å². The van der Waals surface area contributed by atoms with Crippen LogP contribution in [0.25, 0.3) is 22.5 Å². The lowest BCUT2D eigenvalue weighted by molar-refractivity contribution is 0.132. The molecule has 1 N–H and O–H groups in total. The first-order valence-corrected chi connectivity index (χ1v) is 13.6. The SMILES string of the molecule is CC(c1ccc(-n2cc(F)cn2)nc1)N(C)c1ccc(-c2cc(C3CCN(C(=O)O)CC3)cn3ncc(C#N)c23)cn1. The van der Waals surface area contributed by atoms with Crippen molar-refractivity contribution in [2.45, 2.75) is 31.7 Å². The summed E-state index contributed by atoms with van der Waals surface area (Å²) in [7, 11) is 1.95. The highest BCUT2D eigenvalue weighted by atomic mass is 19.1. The summed E-state index contributed by atoms with van der Waals surface area (Å²) in [5, 5.41) is 27.5. The zero-order valence-corrected chi connectivity index (χ0v) is 23.1. The highest BCUT2D eigenvalue weighted by molar-refractivity contribution is 5.85. The Kier molecular flexibility index (Phi) is 7.00. The summed E-state index contributed by atoms with van der Waals surface area (Å²) in [6.45, 7) is 3.02. The molecule has 212 valence electrons. The molecule has 6 heterocycles. The van der Waals surface area contributed by atoms with Gasteiger partial charge >= 0.3 is 6.09 Å². The van der Waals surface area contributed by atoms with Crippen molar-refractivity contribution in [1.82, 2.24) is 34.3 Å². The first-order valence-electron chi connectivity index (χ1n) is 13.6. The number of nitriles is 1. The summed E-state index contributed by atoms with van der Waals surface area (Å²) in [4.78, 5) is 24.0. The summed E-state index contributed by atoms with van der Waals surface area (Å²) in [5.74, 6) is 1.04. The normalized spacial score (nSPS) is 14.6. The minimum atomic E-state index is -0.889. The van der Waals surface area contributed by atoms with Crippen LogP contribution in [0.15, 0.2) is 67.5 Å². The van der Waals surface area contributed by atoms with Gasteiger partial charge in [-0.2, -0.15) is 15.5 Å². The molecular weight excluding hydrogens is 537 g/mol. The van der Waals surface area contributed by atoms with Gasteiger partial charge in [0.15, 0.2) is 11.6 Å². The van der Waals surface area contributed by atoms with Crippen molar-refractivity contribution in [2.24, 2.45) is 0 Å². The average Bonchev–Trinajstić information content (AvgIpc) is 3.66. The fraction of sp³-hybridized carbons (Fsp3) is 0.267. The molecule has 0 bridgehead atoms. The Bertz CT molecular complexity index is 1780. The summed E-state index contributed by atoms with van der Waals surface area (Å²) < 4.78 is 16.5. The maximum absolute atomic E-state index is 13.3. The van der Waals surface area contributed by atoms with E-state index in [2.05, 4.69) is 27.3 Å². The number of anilines is 1. The Morgan fingerprint density at radius 3 is 2.52 bits per heavy atom. The van der Waals surface area contributed by atoms with E-state index in [0.717, 1.165) is 47.1 Å². The van der Waals surface area contributed by atoms with E-state index >= 15 is 0 Å². The second kappa shape index (κ2) is 10.9. The molecule has 12 heteroatoms. The zero-order chi connectivity index (χ0) is 29.4. The van der Waals surface area contributed by atoms with Crippen molar-refractivity contribution in [3.05, 3.63) is 90.0 Å². The summed E-state index contributed by atoms with van der Waals surface area (Å²) in [5.41, 5.74) is 4.90. The van der Waals surface area contributed by atoms with Crippen LogP contribution in [0.2, 0.25) is 0 Å². The number of carbonyl (C=O) groups is 1. The lowest BCUT2D eigenvalue weighted by Crippen LogP contribution is -2.36. The number of piperidine rings is 1. The number of hydrogen-bond donors (Lipinski definition) is 1. The van der Waals surface area contributed by atoms with Crippen LogP contribution < -0.4 is 4.90 Å². The molecule has 1 aliphatic rings. The van der Waals surface area contributed by atoms with Crippen LogP contribution in [0.1, 0.15) is 48.4 Å². The molecule has 42 heavy (non-hydrogen) atoms. The van der Waals surface area contributed by atoms with Gasteiger partial charge in [0.05, 0.1) is 35.7 Å². The van der Waals surface area contributed by atoms with Crippen molar-refractivity contribution in [1.29, 1.82) is 5.26 Å². The molecule has 1 atom stereocenters. The number of halogens is 1. The predicted molar refractivity (Wildman–Crippen MR) is 153 cm³/mol. The molecule has 0 radical (unpaired) electrons. The first kappa shape index (κ1) is 26.9. The van der Waals surface area contributed by atoms with Crippen LogP contribution in [-0.2, 0) is 0 Å². The first-order chi connectivity index (χ1) is 20.3. The van der Waals surface area contributed by atoms with Gasteiger partial charge in [0.2, 0.25) is 0 Å². The van der Waals surface area contributed by atoms with Crippen LogP contribution >= 0.6 is 0 Å². The largest absolute Gasteiger partial charge is 0.465 e. The standard InChI is InChI=1S/C30H28FN9O2/c1-19(21-3-6-28(34-13-21)39-18-25(31)16-36-39)37(2)27-5-4-22(14-33-27)26-11-23(17-40-29(26)24(12-32)15-35-40)20-7-9-38(10-8-20)30(41)42/h3-6,11,13-20H,7-10H2,1-2H3,(H,41,42). The number of rotatable bonds is 6.